The SMILES string of the molecule is c1ccc(C2(c3ccccc3)c3ccccc3-c3ccc(N(c4ccc(-c5cccc(-c6cccc7ccccc67)c5)cc4)c4cccc5c4sc4ccccc45)cc32)cc1. The van der Waals surface area contributed by atoms with Gasteiger partial charge < -0.3 is 4.90 Å². The molecule has 0 atom stereocenters. The van der Waals surface area contributed by atoms with E-state index in [4.69, 9.17) is 0 Å². The van der Waals surface area contributed by atoms with Gasteiger partial charge in [-0.3, -0.25) is 0 Å². The molecule has 0 N–H and O–H groups in total. The van der Waals surface area contributed by atoms with Crippen LogP contribution in [0.3, 0.4) is 0 Å². The summed E-state index contributed by atoms with van der Waals surface area (Å²) in [6, 6.07) is 87.3. The minimum absolute atomic E-state index is 0.501. The molecule has 0 fully saturated rings. The highest BCUT2D eigenvalue weighted by atomic mass is 32.1. The van der Waals surface area contributed by atoms with E-state index >= 15 is 0 Å². The fourth-order valence-electron chi connectivity index (χ4n) is 10.1. The standard InChI is InChI=1S/C59H39NS/c1-3-20-44(21-4-1)59(45-22-5-2-6-23-45)54-29-11-9-25-50(54)51-37-36-47(39-55(51)59)60(56-30-15-28-53-52-26-10-12-31-57(52)61-58(53)56)46-34-32-40(33-35-46)42-18-13-19-43(38-42)49-27-14-17-41-16-7-8-24-48(41)49/h1-39H. The van der Waals surface area contributed by atoms with Crippen molar-refractivity contribution in [2.75, 3.05) is 4.90 Å². The number of anilines is 3. The lowest BCUT2D eigenvalue weighted by Gasteiger charge is -2.35. The van der Waals surface area contributed by atoms with E-state index in [9.17, 15) is 0 Å². The first-order chi connectivity index (χ1) is 30.3. The normalized spacial score (nSPS) is 12.7. The summed E-state index contributed by atoms with van der Waals surface area (Å²) in [5, 5.41) is 5.09. The van der Waals surface area contributed by atoms with E-state index in [0.717, 1.165) is 11.4 Å². The minimum atomic E-state index is -0.501. The molecule has 0 saturated carbocycles. The van der Waals surface area contributed by atoms with E-state index < -0.39 is 5.41 Å². The Balaban J connectivity index is 1.05. The van der Waals surface area contributed by atoms with Crippen molar-refractivity contribution in [2.24, 2.45) is 0 Å². The van der Waals surface area contributed by atoms with Crippen molar-refractivity contribution in [1.29, 1.82) is 0 Å². The van der Waals surface area contributed by atoms with Crippen LogP contribution < -0.4 is 4.90 Å². The maximum absolute atomic E-state index is 2.48. The van der Waals surface area contributed by atoms with Gasteiger partial charge in [0.25, 0.3) is 0 Å². The van der Waals surface area contributed by atoms with Crippen LogP contribution in [-0.4, -0.2) is 0 Å². The van der Waals surface area contributed by atoms with Crippen LogP contribution in [-0.2, 0) is 5.41 Å². The van der Waals surface area contributed by atoms with E-state index in [0.29, 0.717) is 0 Å². The zero-order valence-electron chi connectivity index (χ0n) is 33.4. The molecule has 0 bridgehead atoms. The van der Waals surface area contributed by atoms with E-state index in [2.05, 4.69) is 241 Å². The molecule has 2 heteroatoms. The third-order valence-electron chi connectivity index (χ3n) is 12.7. The molecule has 286 valence electrons. The van der Waals surface area contributed by atoms with Gasteiger partial charge in [0.05, 0.1) is 15.8 Å². The molecule has 0 saturated heterocycles. The maximum Gasteiger partial charge on any atom is 0.0714 e. The van der Waals surface area contributed by atoms with Gasteiger partial charge in [-0.2, -0.15) is 0 Å². The molecule has 0 radical (unpaired) electrons. The largest absolute Gasteiger partial charge is 0.309 e. The topological polar surface area (TPSA) is 3.24 Å². The Morgan fingerprint density at radius 2 is 0.934 bits per heavy atom. The highest BCUT2D eigenvalue weighted by Crippen LogP contribution is 2.57. The minimum Gasteiger partial charge on any atom is -0.309 e. The van der Waals surface area contributed by atoms with Crippen LogP contribution in [0.1, 0.15) is 22.3 Å². The lowest BCUT2D eigenvalue weighted by molar-refractivity contribution is 0.768. The average Bonchev–Trinajstić information content (AvgIpc) is 3.87. The summed E-state index contributed by atoms with van der Waals surface area (Å²) >= 11 is 1.87. The van der Waals surface area contributed by atoms with Gasteiger partial charge in [-0.25, -0.2) is 0 Å². The molecule has 61 heavy (non-hydrogen) atoms. The summed E-state index contributed by atoms with van der Waals surface area (Å²) in [7, 11) is 0. The van der Waals surface area contributed by atoms with Gasteiger partial charge in [-0.1, -0.05) is 194 Å². The number of rotatable bonds is 7. The third-order valence-corrected chi connectivity index (χ3v) is 14.0. The Hall–Kier alpha value is -7.52. The molecule has 1 heterocycles. The summed E-state index contributed by atoms with van der Waals surface area (Å²) in [6.07, 6.45) is 0. The second-order valence-electron chi connectivity index (χ2n) is 16.0. The van der Waals surface area contributed by atoms with Gasteiger partial charge in [-0.15, -0.1) is 11.3 Å². The van der Waals surface area contributed by atoms with Gasteiger partial charge >= 0.3 is 0 Å². The summed E-state index contributed by atoms with van der Waals surface area (Å²) in [5.41, 5.74) is 15.4. The second-order valence-corrected chi connectivity index (χ2v) is 17.1. The first-order valence-corrected chi connectivity index (χ1v) is 21.8. The number of benzene rings is 10. The first kappa shape index (κ1) is 35.4. The molecule has 10 aromatic carbocycles. The van der Waals surface area contributed by atoms with Crippen LogP contribution in [0, 0.1) is 0 Å². The van der Waals surface area contributed by atoms with Crippen molar-refractivity contribution in [3.8, 4) is 33.4 Å². The van der Waals surface area contributed by atoms with Gasteiger partial charge in [0.1, 0.15) is 0 Å². The van der Waals surface area contributed by atoms with Crippen LogP contribution in [0.4, 0.5) is 17.1 Å². The second kappa shape index (κ2) is 14.3. The fraction of sp³-hybridized carbons (Fsp3) is 0.0169. The van der Waals surface area contributed by atoms with Crippen molar-refractivity contribution in [3.63, 3.8) is 0 Å². The fourth-order valence-corrected chi connectivity index (χ4v) is 11.3. The summed E-state index contributed by atoms with van der Waals surface area (Å²) < 4.78 is 2.57. The molecular weight excluding hydrogens is 755 g/mol. The van der Waals surface area contributed by atoms with Gasteiger partial charge in [-0.05, 0) is 109 Å². The predicted molar refractivity (Wildman–Crippen MR) is 260 cm³/mol. The summed E-state index contributed by atoms with van der Waals surface area (Å²) in [6.45, 7) is 0. The Morgan fingerprint density at radius 1 is 0.344 bits per heavy atom. The van der Waals surface area contributed by atoms with Crippen LogP contribution >= 0.6 is 11.3 Å². The van der Waals surface area contributed by atoms with Crippen LogP contribution in [0.15, 0.2) is 237 Å². The van der Waals surface area contributed by atoms with Crippen molar-refractivity contribution in [3.05, 3.63) is 259 Å². The third kappa shape index (κ3) is 5.60. The zero-order valence-corrected chi connectivity index (χ0v) is 34.2. The zero-order chi connectivity index (χ0) is 40.3. The number of thiophene rings is 1. The van der Waals surface area contributed by atoms with Crippen LogP contribution in [0.25, 0.3) is 64.3 Å². The Kier molecular flexibility index (Phi) is 8.33. The van der Waals surface area contributed by atoms with Crippen LogP contribution in [0.2, 0.25) is 0 Å². The number of hydrogen-bond acceptors (Lipinski definition) is 2. The molecule has 12 rings (SSSR count). The van der Waals surface area contributed by atoms with Crippen molar-refractivity contribution < 1.29 is 0 Å². The highest BCUT2D eigenvalue weighted by molar-refractivity contribution is 7.26. The van der Waals surface area contributed by atoms with E-state index in [1.807, 2.05) is 11.3 Å². The lowest BCUT2D eigenvalue weighted by Crippen LogP contribution is -2.28. The molecule has 0 unspecified atom stereocenters. The van der Waals surface area contributed by atoms with Gasteiger partial charge in [0, 0.05) is 26.8 Å². The Labute approximate surface area is 360 Å². The monoisotopic (exact) mass is 793 g/mol. The smallest absolute Gasteiger partial charge is 0.0714 e. The van der Waals surface area contributed by atoms with Gasteiger partial charge in [0.15, 0.2) is 0 Å². The highest BCUT2D eigenvalue weighted by Gasteiger charge is 2.46. The summed E-state index contributed by atoms with van der Waals surface area (Å²) in [5.74, 6) is 0. The molecule has 1 aromatic heterocycles. The molecule has 11 aromatic rings. The maximum atomic E-state index is 2.48. The molecular formula is C59H39NS. The molecule has 0 spiro atoms. The number of hydrogen-bond donors (Lipinski definition) is 0. The van der Waals surface area contributed by atoms with Gasteiger partial charge in [0.2, 0.25) is 0 Å². The molecule has 1 nitrogen and oxygen atoms in total. The Bertz CT molecular complexity index is 3370. The van der Waals surface area contributed by atoms with Crippen molar-refractivity contribution >= 4 is 59.3 Å². The van der Waals surface area contributed by atoms with E-state index in [1.54, 1.807) is 0 Å². The molecule has 1 aliphatic carbocycles. The van der Waals surface area contributed by atoms with E-state index in [-0.39, 0.29) is 0 Å². The summed E-state index contributed by atoms with van der Waals surface area (Å²) in [4.78, 5) is 2.48. The van der Waals surface area contributed by atoms with Crippen LogP contribution in [0.5, 0.6) is 0 Å². The molecule has 1 aliphatic rings. The molecule has 0 aliphatic heterocycles. The van der Waals surface area contributed by atoms with E-state index in [1.165, 1.54) is 92.3 Å². The Morgan fingerprint density at radius 3 is 1.75 bits per heavy atom. The van der Waals surface area contributed by atoms with Crippen molar-refractivity contribution in [1.82, 2.24) is 0 Å². The predicted octanol–water partition coefficient (Wildman–Crippen LogP) is 16.4. The van der Waals surface area contributed by atoms with Crippen molar-refractivity contribution in [2.45, 2.75) is 5.41 Å². The number of nitrogens with zero attached hydrogens (tertiary/aromatic N) is 1. The molecule has 0 amide bonds. The quantitative estimate of drug-likeness (QED) is 0.155. The first-order valence-electron chi connectivity index (χ1n) is 21.0. The lowest BCUT2D eigenvalue weighted by atomic mass is 9.67. The average molecular weight is 794 g/mol. The number of fused-ring (bicyclic) bond motifs is 7.